The third-order valence-corrected chi connectivity index (χ3v) is 20.0. The van der Waals surface area contributed by atoms with Crippen LogP contribution in [0.15, 0.2) is 90.4 Å². The lowest BCUT2D eigenvalue weighted by atomic mass is 9.82. The summed E-state index contributed by atoms with van der Waals surface area (Å²) in [6.45, 7) is 13.7. The molecular formula is C90H131N19O23. The van der Waals surface area contributed by atoms with E-state index in [-0.39, 0.29) is 165 Å². The highest BCUT2D eigenvalue weighted by Crippen LogP contribution is 2.34. The number of Topliss-reactive ketones (excluding diaryl/α,β-unsaturated/α-hetero) is 1. The van der Waals surface area contributed by atoms with Crippen molar-refractivity contribution in [1.82, 2.24) is 76.4 Å². The van der Waals surface area contributed by atoms with Crippen molar-refractivity contribution < 1.29 is 109 Å². The van der Waals surface area contributed by atoms with Crippen molar-refractivity contribution in [2.45, 2.75) is 136 Å². The molecule has 0 saturated carbocycles. The fourth-order valence-electron chi connectivity index (χ4n) is 12.9. The number of aliphatic imine (C=N–C) groups is 1. The number of nitrogen functional groups attached to an aromatic ring is 3. The normalized spacial score (nSPS) is 12.2. The number of amides is 5. The number of nitrogens with one attached hydrogen (secondary N) is 7. The first-order valence-corrected chi connectivity index (χ1v) is 45.0. The van der Waals surface area contributed by atoms with E-state index in [2.05, 4.69) is 88.3 Å². The van der Waals surface area contributed by atoms with Crippen LogP contribution < -0.4 is 58.0 Å². The summed E-state index contributed by atoms with van der Waals surface area (Å²) in [6, 6.07) is 23.0. The Balaban J connectivity index is 0.657. The van der Waals surface area contributed by atoms with Gasteiger partial charge in [0.15, 0.2) is 22.3 Å². The van der Waals surface area contributed by atoms with Crippen molar-refractivity contribution in [2.24, 2.45) is 4.99 Å². The molecule has 8 aromatic rings. The van der Waals surface area contributed by atoms with Gasteiger partial charge in [-0.05, 0) is 65.5 Å². The average molecular weight is 1850 g/mol. The lowest BCUT2D eigenvalue weighted by Gasteiger charge is -2.35. The minimum Gasteiger partial charge on any atom is -0.471 e. The largest absolute Gasteiger partial charge is 0.471 e. The summed E-state index contributed by atoms with van der Waals surface area (Å²) in [7, 11) is 0. The Morgan fingerprint density at radius 3 is 1.07 bits per heavy atom. The van der Waals surface area contributed by atoms with Gasteiger partial charge in [-0.2, -0.15) is 24.9 Å². The van der Waals surface area contributed by atoms with Gasteiger partial charge in [0.05, 0.1) is 210 Å². The van der Waals surface area contributed by atoms with Crippen molar-refractivity contribution in [3.05, 3.63) is 125 Å². The van der Waals surface area contributed by atoms with Gasteiger partial charge >= 0.3 is 6.03 Å². The maximum atomic E-state index is 14.0. The number of carbonyl (C=O) groups is 5. The molecule has 13 N–H and O–H groups in total. The minimum absolute atomic E-state index is 0.0155. The predicted octanol–water partition coefficient (Wildman–Crippen LogP) is 6.36. The lowest BCUT2D eigenvalue weighted by Crippen LogP contribution is -2.53. The molecule has 42 nitrogen and oxygen atoms in total. The fraction of sp³-hybridized carbons (Fsp3) is 0.578. The van der Waals surface area contributed by atoms with Crippen LogP contribution in [0.3, 0.4) is 0 Å². The summed E-state index contributed by atoms with van der Waals surface area (Å²) in [5.74, 6) is 0.574. The number of nitrogens with zero attached hydrogens (tertiary/aromatic N) is 9. The van der Waals surface area contributed by atoms with Crippen LogP contribution in [0.5, 0.6) is 17.6 Å². The number of unbranched alkanes of at least 4 members (excludes halogenated alkanes) is 2. The van der Waals surface area contributed by atoms with E-state index in [0.717, 1.165) is 58.3 Å². The molecule has 1 aliphatic heterocycles. The van der Waals surface area contributed by atoms with Crippen molar-refractivity contribution >= 4 is 81.6 Å². The van der Waals surface area contributed by atoms with Gasteiger partial charge in [0.25, 0.3) is 0 Å². The van der Waals surface area contributed by atoms with Gasteiger partial charge in [-0.15, -0.1) is 0 Å². The van der Waals surface area contributed by atoms with Gasteiger partial charge in [-0.3, -0.25) is 24.2 Å². The number of fused-ring (bicyclic) bond motifs is 3. The molecule has 42 heteroatoms. The van der Waals surface area contributed by atoms with Gasteiger partial charge < -0.3 is 139 Å². The molecule has 0 fully saturated rings. The quantitative estimate of drug-likeness (QED) is 0.0185. The molecule has 0 radical (unpaired) electrons. The van der Waals surface area contributed by atoms with Crippen molar-refractivity contribution in [3.8, 4) is 17.6 Å². The van der Waals surface area contributed by atoms with Crippen LogP contribution in [-0.2, 0) is 136 Å². The summed E-state index contributed by atoms with van der Waals surface area (Å²) in [4.78, 5) is 111. The number of aromatic nitrogens is 10. The molecular weight excluding hydrogens is 1720 g/mol. The average Bonchev–Trinajstić information content (AvgIpc) is 1.65. The van der Waals surface area contributed by atoms with Gasteiger partial charge in [0, 0.05) is 83.1 Å². The number of anilines is 3. The second-order valence-electron chi connectivity index (χ2n) is 30.3. The number of carbonyl (C=O) groups excluding carboxylic acids is 5. The van der Waals surface area contributed by atoms with Crippen molar-refractivity contribution in [2.75, 3.05) is 222 Å². The van der Waals surface area contributed by atoms with Gasteiger partial charge in [-0.25, -0.2) is 19.7 Å². The van der Waals surface area contributed by atoms with E-state index in [4.69, 9.17) is 102 Å². The van der Waals surface area contributed by atoms with Crippen LogP contribution in [0.1, 0.15) is 123 Å². The summed E-state index contributed by atoms with van der Waals surface area (Å²) < 4.78 is 104. The molecule has 0 bridgehead atoms. The second kappa shape index (κ2) is 64.0. The van der Waals surface area contributed by atoms with E-state index >= 15 is 0 Å². The van der Waals surface area contributed by atoms with Crippen LogP contribution >= 0.6 is 0 Å². The maximum Gasteiger partial charge on any atom is 0.315 e. The van der Waals surface area contributed by atoms with Gasteiger partial charge in [0.2, 0.25) is 53.2 Å². The third kappa shape index (κ3) is 43.6. The molecule has 5 amide bonds. The van der Waals surface area contributed by atoms with E-state index in [9.17, 15) is 24.0 Å². The van der Waals surface area contributed by atoms with E-state index in [1.165, 1.54) is 12.7 Å². The van der Waals surface area contributed by atoms with Crippen molar-refractivity contribution in [3.63, 3.8) is 0 Å². The van der Waals surface area contributed by atoms with Crippen LogP contribution in [0.4, 0.5) is 28.3 Å². The maximum absolute atomic E-state index is 14.0. The Kier molecular flexibility index (Phi) is 50.8. The van der Waals surface area contributed by atoms with Crippen LogP contribution in [0, 0.1) is 0 Å². The highest BCUT2D eigenvalue weighted by molar-refractivity contribution is 5.81. The number of ether oxygens (including phenoxy) is 18. The number of hydrogen-bond acceptors (Lipinski definition) is 35. The predicted molar refractivity (Wildman–Crippen MR) is 486 cm³/mol. The molecule has 1 aliphatic rings. The molecule has 1 atom stereocenters. The van der Waals surface area contributed by atoms with Gasteiger partial charge in [0.1, 0.15) is 31.3 Å². The number of ketones is 1. The monoisotopic (exact) mass is 1850 g/mol. The van der Waals surface area contributed by atoms with Crippen LogP contribution in [0.2, 0.25) is 0 Å². The number of urea groups is 1. The second-order valence-corrected chi connectivity index (χ2v) is 30.3. The number of hydrogen-bond donors (Lipinski definition) is 10. The smallest absolute Gasteiger partial charge is 0.315 e. The molecule has 6 heterocycles. The zero-order chi connectivity index (χ0) is 92.8. The molecule has 0 saturated heterocycles. The van der Waals surface area contributed by atoms with Crippen LogP contribution in [-0.4, -0.2) is 296 Å². The number of aromatic amines is 2. The molecule has 0 spiro atoms. The fourth-order valence-corrected chi connectivity index (χ4v) is 12.9. The van der Waals surface area contributed by atoms with E-state index < -0.39 is 11.6 Å². The number of benzene rings is 3. The van der Waals surface area contributed by atoms with Crippen molar-refractivity contribution in [1.29, 1.82) is 0 Å². The van der Waals surface area contributed by atoms with Gasteiger partial charge in [-0.1, -0.05) is 92.6 Å². The number of rotatable bonds is 78. The standard InChI is InChI=1S/C90H131N19O23/c1-2-3-4-7-75(111)94-28-33-116-38-43-121-46-41-119-36-31-98-89(114)109-90(24-20-73(110)6-5-32-115-37-42-120-47-50-124-53-56-128-60-68-10-16-71(17-11-68)63-131-84-79-81(101-65-99-79)104-87(92)107-84,25-21-76(112)95-29-34-117-39-44-122-48-51-125-54-57-127-59-67-8-14-70(15-9-67)62-130-83-78-74(23-27-97-78)103-86(91)106-83)26-22-77(113)96-30-35-118-40-45-123-49-52-126-55-58-129-61-69-12-18-72(19-13-69)64-132-85-80-82(102-66-100-80)105-88(93)108-85/h8-19,27,65-66H,2-7,20-26,28-64H2,1H3,(H,94,111)(H,95,112)(H,96,113)(H2,91,103,106)(H2,98,109,114)(H3,92,99,101,104,107)(H3,93,100,102,105,108). The molecule has 724 valence electrons. The molecule has 132 heavy (non-hydrogen) atoms. The first-order valence-electron chi connectivity index (χ1n) is 45.0. The molecule has 5 aromatic heterocycles. The van der Waals surface area contributed by atoms with E-state index in [0.29, 0.717) is 230 Å². The summed E-state index contributed by atoms with van der Waals surface area (Å²) in [5, 5.41) is 14.6. The summed E-state index contributed by atoms with van der Waals surface area (Å²) in [5.41, 5.74) is 25.4. The molecule has 9 rings (SSSR count). The minimum atomic E-state index is -1.21. The molecule has 0 aliphatic carbocycles. The Bertz CT molecular complexity index is 4420. The summed E-state index contributed by atoms with van der Waals surface area (Å²) >= 11 is 0. The SMILES string of the molecule is CCCCCC(=O)NCCOCCOCCOCCNC(=O)NC(CCC(=O)CCCOCCOCCOCCOCc1ccc(COc2nc(N)nc3[nH]cnc23)cc1)(CCC(=O)NCCOCCOCCOCCOCc1ccc(COc2nc(N)nc3c2N=CC3)cc1)CCC(=O)NCCOCCOCCOCCOCc1ccc(COc2nc(N)nc3[nH]cnc23)cc1. The highest BCUT2D eigenvalue weighted by atomic mass is 16.6. The Hall–Kier alpha value is -10.9. The molecule has 3 aromatic carbocycles. The first kappa shape index (κ1) is 105. The van der Waals surface area contributed by atoms with E-state index in [1.54, 1.807) is 6.21 Å². The Morgan fingerprint density at radius 1 is 0.348 bits per heavy atom. The topological polar surface area (TPSA) is 537 Å². The Morgan fingerprint density at radius 2 is 0.674 bits per heavy atom. The van der Waals surface area contributed by atoms with E-state index in [1.807, 2.05) is 72.8 Å². The summed E-state index contributed by atoms with van der Waals surface area (Å²) in [6.07, 6.45) is 9.61. The lowest BCUT2D eigenvalue weighted by molar-refractivity contribution is -0.122. The molecule has 1 unspecified atom stereocenters. The first-order chi connectivity index (χ1) is 64.7. The number of H-pyrrole nitrogens is 2. The number of imidazole rings is 2. The highest BCUT2D eigenvalue weighted by Gasteiger charge is 2.34. The number of nitrogens with two attached hydrogens (primary N) is 3. The zero-order valence-corrected chi connectivity index (χ0v) is 75.7. The Labute approximate surface area is 768 Å². The zero-order valence-electron chi connectivity index (χ0n) is 75.7. The third-order valence-electron chi connectivity index (χ3n) is 20.0. The van der Waals surface area contributed by atoms with Crippen LogP contribution in [0.25, 0.3) is 22.3 Å².